The van der Waals surface area contributed by atoms with Gasteiger partial charge in [-0.3, -0.25) is 0 Å². The Kier molecular flexibility index (Phi) is 5.23. The van der Waals surface area contributed by atoms with Gasteiger partial charge in [-0.1, -0.05) is 55.8 Å². The molecule has 152 valence electrons. The second-order valence-corrected chi connectivity index (χ2v) is 8.73. The molecule has 0 bridgehead atoms. The van der Waals surface area contributed by atoms with Crippen LogP contribution in [0, 0.1) is 11.3 Å². The van der Waals surface area contributed by atoms with Crippen LogP contribution in [0.3, 0.4) is 0 Å². The summed E-state index contributed by atoms with van der Waals surface area (Å²) in [4.78, 5) is 10.4. The zero-order chi connectivity index (χ0) is 21.2. The first kappa shape index (κ1) is 19.5. The zero-order valence-electron chi connectivity index (χ0n) is 17.4. The Bertz CT molecular complexity index is 1400. The Hall–Kier alpha value is -3.49. The van der Waals surface area contributed by atoms with Crippen LogP contribution in [0.2, 0.25) is 0 Å². The fraction of sp³-hybridized carbons (Fsp3) is 0.192. The Morgan fingerprint density at radius 2 is 1.87 bits per heavy atom. The SMILES string of the molecule is CCCCc1nc2cccnc2n1Cc1ccc(-c2sc3ccccc3c2C#N)cc1. The lowest BCUT2D eigenvalue weighted by Gasteiger charge is -2.09. The number of aromatic nitrogens is 3. The van der Waals surface area contributed by atoms with Crippen molar-refractivity contribution >= 4 is 32.6 Å². The quantitative estimate of drug-likeness (QED) is 0.311. The third kappa shape index (κ3) is 3.60. The van der Waals surface area contributed by atoms with Crippen molar-refractivity contribution in [3.8, 4) is 16.5 Å². The van der Waals surface area contributed by atoms with Crippen molar-refractivity contribution < 1.29 is 0 Å². The van der Waals surface area contributed by atoms with Crippen molar-refractivity contribution in [1.82, 2.24) is 14.5 Å². The average Bonchev–Trinajstić information content (AvgIpc) is 3.36. The largest absolute Gasteiger partial charge is 0.308 e. The molecule has 5 heteroatoms. The van der Waals surface area contributed by atoms with Crippen molar-refractivity contribution in [3.63, 3.8) is 0 Å². The van der Waals surface area contributed by atoms with Crippen LogP contribution in [0.5, 0.6) is 0 Å². The summed E-state index contributed by atoms with van der Waals surface area (Å²) in [7, 11) is 0. The average molecular weight is 423 g/mol. The molecule has 5 rings (SSSR count). The highest BCUT2D eigenvalue weighted by Crippen LogP contribution is 2.38. The zero-order valence-corrected chi connectivity index (χ0v) is 18.2. The summed E-state index contributed by atoms with van der Waals surface area (Å²) in [5, 5.41) is 10.8. The van der Waals surface area contributed by atoms with E-state index in [-0.39, 0.29) is 0 Å². The maximum atomic E-state index is 9.73. The third-order valence-electron chi connectivity index (χ3n) is 5.60. The Labute approximate surface area is 185 Å². The smallest absolute Gasteiger partial charge is 0.160 e. The van der Waals surface area contributed by atoms with Crippen LogP contribution < -0.4 is 0 Å². The second kappa shape index (κ2) is 8.33. The van der Waals surface area contributed by atoms with Crippen LogP contribution in [-0.4, -0.2) is 14.5 Å². The monoisotopic (exact) mass is 422 g/mol. The van der Waals surface area contributed by atoms with Gasteiger partial charge in [0.1, 0.15) is 17.4 Å². The molecule has 0 radical (unpaired) electrons. The molecule has 0 aliphatic carbocycles. The molecule has 31 heavy (non-hydrogen) atoms. The fourth-order valence-electron chi connectivity index (χ4n) is 4.00. The first-order valence-electron chi connectivity index (χ1n) is 10.6. The van der Waals surface area contributed by atoms with E-state index < -0.39 is 0 Å². The minimum Gasteiger partial charge on any atom is -0.308 e. The number of hydrogen-bond acceptors (Lipinski definition) is 4. The van der Waals surface area contributed by atoms with Gasteiger partial charge in [0.2, 0.25) is 0 Å². The molecular formula is C26H22N4S. The second-order valence-electron chi connectivity index (χ2n) is 7.67. The van der Waals surface area contributed by atoms with Gasteiger partial charge in [-0.05, 0) is 35.7 Å². The van der Waals surface area contributed by atoms with Crippen LogP contribution in [-0.2, 0) is 13.0 Å². The molecule has 0 unspecified atom stereocenters. The number of rotatable bonds is 6. The number of benzene rings is 2. The lowest BCUT2D eigenvalue weighted by molar-refractivity contribution is 0.686. The molecule has 5 aromatic rings. The lowest BCUT2D eigenvalue weighted by Crippen LogP contribution is -2.06. The molecule has 0 saturated heterocycles. The number of fused-ring (bicyclic) bond motifs is 2. The molecule has 0 spiro atoms. The molecule has 0 aliphatic heterocycles. The predicted octanol–water partition coefficient (Wildman–Crippen LogP) is 6.58. The first-order chi connectivity index (χ1) is 15.3. The van der Waals surface area contributed by atoms with Crippen LogP contribution in [0.15, 0.2) is 66.9 Å². The molecule has 3 heterocycles. The van der Waals surface area contributed by atoms with E-state index in [4.69, 9.17) is 4.98 Å². The molecular weight excluding hydrogens is 400 g/mol. The number of pyridine rings is 1. The van der Waals surface area contributed by atoms with Gasteiger partial charge >= 0.3 is 0 Å². The number of unbranched alkanes of at least 4 members (excludes halogenated alkanes) is 1. The first-order valence-corrected chi connectivity index (χ1v) is 11.4. The summed E-state index contributed by atoms with van der Waals surface area (Å²) in [6, 6.07) is 23.0. The van der Waals surface area contributed by atoms with Crippen LogP contribution in [0.25, 0.3) is 31.7 Å². The van der Waals surface area contributed by atoms with E-state index >= 15 is 0 Å². The standard InChI is InChI=1S/C26H22N4S/c1-2-3-10-24-29-22-8-6-15-28-26(22)30(24)17-18-11-13-19(14-12-18)25-21(16-27)20-7-4-5-9-23(20)31-25/h4-9,11-15H,2-3,10,17H2,1H3. The number of nitriles is 1. The minimum atomic E-state index is 0.740. The summed E-state index contributed by atoms with van der Waals surface area (Å²) < 4.78 is 3.38. The molecule has 0 aliphatic rings. The van der Waals surface area contributed by atoms with E-state index in [1.54, 1.807) is 11.3 Å². The number of aryl methyl sites for hydroxylation is 1. The summed E-state index contributed by atoms with van der Waals surface area (Å²) >= 11 is 1.68. The maximum Gasteiger partial charge on any atom is 0.160 e. The van der Waals surface area contributed by atoms with Crippen molar-refractivity contribution in [1.29, 1.82) is 5.26 Å². The van der Waals surface area contributed by atoms with Crippen molar-refractivity contribution in [2.75, 3.05) is 0 Å². The number of nitrogens with zero attached hydrogens (tertiary/aromatic N) is 4. The Morgan fingerprint density at radius 3 is 2.68 bits per heavy atom. The van der Waals surface area contributed by atoms with E-state index in [0.717, 1.165) is 68.9 Å². The fourth-order valence-corrected chi connectivity index (χ4v) is 5.16. The van der Waals surface area contributed by atoms with Gasteiger partial charge in [-0.25, -0.2) is 9.97 Å². The van der Waals surface area contributed by atoms with E-state index in [2.05, 4.69) is 52.9 Å². The van der Waals surface area contributed by atoms with Crippen molar-refractivity contribution in [2.24, 2.45) is 0 Å². The molecule has 0 saturated carbocycles. The van der Waals surface area contributed by atoms with Crippen LogP contribution in [0.4, 0.5) is 0 Å². The Balaban J connectivity index is 1.49. The van der Waals surface area contributed by atoms with Crippen LogP contribution >= 0.6 is 11.3 Å². The molecule has 0 N–H and O–H groups in total. The summed E-state index contributed by atoms with van der Waals surface area (Å²) in [5.41, 5.74) is 4.94. The van der Waals surface area contributed by atoms with Gasteiger partial charge in [0.15, 0.2) is 5.65 Å². The highest BCUT2D eigenvalue weighted by molar-refractivity contribution is 7.22. The van der Waals surface area contributed by atoms with Crippen molar-refractivity contribution in [3.05, 3.63) is 83.8 Å². The van der Waals surface area contributed by atoms with Crippen LogP contribution in [0.1, 0.15) is 36.7 Å². The highest BCUT2D eigenvalue weighted by atomic mass is 32.1. The topological polar surface area (TPSA) is 54.5 Å². The van der Waals surface area contributed by atoms with E-state index in [1.807, 2.05) is 36.5 Å². The molecule has 0 amide bonds. The number of thiophene rings is 1. The van der Waals surface area contributed by atoms with Gasteiger partial charge in [-0.2, -0.15) is 5.26 Å². The summed E-state index contributed by atoms with van der Waals surface area (Å²) in [6.45, 7) is 2.94. The molecule has 0 atom stereocenters. The van der Waals surface area contributed by atoms with Crippen molar-refractivity contribution in [2.45, 2.75) is 32.7 Å². The van der Waals surface area contributed by atoms with Gasteiger partial charge in [0.25, 0.3) is 0 Å². The molecule has 0 fully saturated rings. The third-order valence-corrected chi connectivity index (χ3v) is 6.82. The Morgan fingerprint density at radius 1 is 1.03 bits per heavy atom. The van der Waals surface area contributed by atoms with E-state index in [0.29, 0.717) is 0 Å². The van der Waals surface area contributed by atoms with E-state index in [9.17, 15) is 5.26 Å². The van der Waals surface area contributed by atoms with Gasteiger partial charge in [-0.15, -0.1) is 11.3 Å². The predicted molar refractivity (Wildman–Crippen MR) is 127 cm³/mol. The highest BCUT2D eigenvalue weighted by Gasteiger charge is 2.14. The normalized spacial score (nSPS) is 11.2. The summed E-state index contributed by atoms with van der Waals surface area (Å²) in [5.74, 6) is 1.09. The number of imidazole rings is 1. The lowest BCUT2D eigenvalue weighted by atomic mass is 10.1. The molecule has 2 aromatic carbocycles. The molecule has 3 aromatic heterocycles. The maximum absolute atomic E-state index is 9.73. The van der Waals surface area contributed by atoms with Gasteiger partial charge in [0, 0.05) is 22.7 Å². The van der Waals surface area contributed by atoms with Gasteiger partial charge < -0.3 is 4.57 Å². The van der Waals surface area contributed by atoms with Gasteiger partial charge in [0.05, 0.1) is 17.0 Å². The summed E-state index contributed by atoms with van der Waals surface area (Å²) in [6.07, 6.45) is 5.04. The number of hydrogen-bond donors (Lipinski definition) is 0. The van der Waals surface area contributed by atoms with E-state index in [1.165, 1.54) is 5.56 Å². The molecule has 4 nitrogen and oxygen atoms in total. The minimum absolute atomic E-state index is 0.740.